The third kappa shape index (κ3) is 1.51. The molecule has 70 valence electrons. The molecule has 13 heavy (non-hydrogen) atoms. The number of rotatable bonds is 2. The lowest BCUT2D eigenvalue weighted by atomic mass is 9.98. The van der Waals surface area contributed by atoms with Gasteiger partial charge in [-0.25, -0.2) is 0 Å². The van der Waals surface area contributed by atoms with E-state index in [0.29, 0.717) is 6.10 Å². The number of fused-ring (bicyclic) bond motifs is 1. The fourth-order valence-electron chi connectivity index (χ4n) is 2.21. The second kappa shape index (κ2) is 2.88. The number of nitrogens with one attached hydrogen (secondary N) is 1. The van der Waals surface area contributed by atoms with E-state index in [9.17, 15) is 0 Å². The van der Waals surface area contributed by atoms with Crippen molar-refractivity contribution in [2.24, 2.45) is 0 Å². The van der Waals surface area contributed by atoms with E-state index in [1.807, 2.05) is 0 Å². The van der Waals surface area contributed by atoms with Gasteiger partial charge in [0.2, 0.25) is 0 Å². The van der Waals surface area contributed by atoms with E-state index in [1.54, 1.807) is 5.56 Å². The van der Waals surface area contributed by atoms with Gasteiger partial charge in [-0.05, 0) is 37.3 Å². The van der Waals surface area contributed by atoms with Gasteiger partial charge in [0.1, 0.15) is 0 Å². The molecule has 1 atom stereocenters. The largest absolute Gasteiger partial charge is 0.373 e. The molecule has 1 unspecified atom stereocenters. The summed E-state index contributed by atoms with van der Waals surface area (Å²) in [5.41, 5.74) is 4.43. The number of H-pyrrole nitrogens is 1. The van der Waals surface area contributed by atoms with Crippen molar-refractivity contribution in [1.29, 1.82) is 0 Å². The summed E-state index contributed by atoms with van der Waals surface area (Å²) in [6.07, 6.45) is 6.85. The Bertz CT molecular complexity index is 288. The standard InChI is InChI=1S/C11H15NO/c1-2-4-11-8(3-1)5-9(12-11)6-10-7-13-10/h5,10,12H,1-4,6-7H2. The van der Waals surface area contributed by atoms with Gasteiger partial charge < -0.3 is 9.72 Å². The number of aromatic amines is 1. The summed E-state index contributed by atoms with van der Waals surface area (Å²) < 4.78 is 5.22. The zero-order valence-corrected chi connectivity index (χ0v) is 7.81. The molecule has 1 saturated heterocycles. The Hall–Kier alpha value is -0.760. The van der Waals surface area contributed by atoms with Crippen molar-refractivity contribution in [2.45, 2.75) is 38.2 Å². The number of hydrogen-bond acceptors (Lipinski definition) is 1. The van der Waals surface area contributed by atoms with Crippen LogP contribution in [-0.4, -0.2) is 17.7 Å². The van der Waals surface area contributed by atoms with Gasteiger partial charge in [0.15, 0.2) is 0 Å². The molecule has 1 aliphatic carbocycles. The fraction of sp³-hybridized carbons (Fsp3) is 0.636. The molecule has 0 radical (unpaired) electrons. The molecule has 1 aromatic rings. The topological polar surface area (TPSA) is 28.3 Å². The molecule has 2 nitrogen and oxygen atoms in total. The van der Waals surface area contributed by atoms with Gasteiger partial charge in [-0.1, -0.05) is 0 Å². The molecule has 0 bridgehead atoms. The minimum atomic E-state index is 0.514. The summed E-state index contributed by atoms with van der Waals surface area (Å²) in [6, 6.07) is 2.34. The van der Waals surface area contributed by atoms with Crippen molar-refractivity contribution in [3.63, 3.8) is 0 Å². The summed E-state index contributed by atoms with van der Waals surface area (Å²) in [7, 11) is 0. The van der Waals surface area contributed by atoms with Gasteiger partial charge in [-0.2, -0.15) is 0 Å². The van der Waals surface area contributed by atoms with Crippen LogP contribution in [0.3, 0.4) is 0 Å². The number of hydrogen-bond donors (Lipinski definition) is 1. The van der Waals surface area contributed by atoms with E-state index in [1.165, 1.54) is 37.1 Å². The van der Waals surface area contributed by atoms with Crippen LogP contribution in [0.4, 0.5) is 0 Å². The Morgan fingerprint density at radius 2 is 2.23 bits per heavy atom. The van der Waals surface area contributed by atoms with E-state index >= 15 is 0 Å². The highest BCUT2D eigenvalue weighted by Crippen LogP contribution is 2.24. The SMILES string of the molecule is c1c(CC2CO2)[nH]c2c1CCCC2. The van der Waals surface area contributed by atoms with E-state index in [4.69, 9.17) is 4.74 Å². The van der Waals surface area contributed by atoms with Crippen molar-refractivity contribution >= 4 is 0 Å². The predicted octanol–water partition coefficient (Wildman–Crippen LogP) is 1.83. The summed E-state index contributed by atoms with van der Waals surface area (Å²) >= 11 is 0. The molecule has 2 heteroatoms. The molecular formula is C11H15NO. The molecule has 1 fully saturated rings. The lowest BCUT2D eigenvalue weighted by Crippen LogP contribution is -1.99. The summed E-state index contributed by atoms with van der Waals surface area (Å²) in [5, 5.41) is 0. The minimum Gasteiger partial charge on any atom is -0.373 e. The number of aromatic nitrogens is 1. The first kappa shape index (κ1) is 7.63. The van der Waals surface area contributed by atoms with Gasteiger partial charge >= 0.3 is 0 Å². The average Bonchev–Trinajstić information content (AvgIpc) is 2.85. The smallest absolute Gasteiger partial charge is 0.0864 e. The first-order chi connectivity index (χ1) is 6.42. The molecule has 0 saturated carbocycles. The zero-order valence-electron chi connectivity index (χ0n) is 7.81. The van der Waals surface area contributed by atoms with Crippen LogP contribution in [0.5, 0.6) is 0 Å². The Balaban J connectivity index is 1.81. The van der Waals surface area contributed by atoms with Crippen LogP contribution in [0.25, 0.3) is 0 Å². The minimum absolute atomic E-state index is 0.514. The predicted molar refractivity (Wildman–Crippen MR) is 50.9 cm³/mol. The van der Waals surface area contributed by atoms with Gasteiger partial charge in [0.05, 0.1) is 12.7 Å². The third-order valence-corrected chi connectivity index (χ3v) is 3.02. The van der Waals surface area contributed by atoms with Crippen molar-refractivity contribution in [3.05, 3.63) is 23.0 Å². The molecule has 2 aliphatic rings. The van der Waals surface area contributed by atoms with E-state index in [2.05, 4.69) is 11.1 Å². The van der Waals surface area contributed by atoms with Crippen LogP contribution in [0, 0.1) is 0 Å². The second-order valence-corrected chi connectivity index (χ2v) is 4.16. The Morgan fingerprint density at radius 1 is 1.38 bits per heavy atom. The highest BCUT2D eigenvalue weighted by atomic mass is 16.6. The highest BCUT2D eigenvalue weighted by molar-refractivity contribution is 5.28. The molecule has 0 aromatic carbocycles. The molecule has 1 aliphatic heterocycles. The van der Waals surface area contributed by atoms with Crippen LogP contribution in [0.15, 0.2) is 6.07 Å². The first-order valence-electron chi connectivity index (χ1n) is 5.23. The molecule has 0 spiro atoms. The van der Waals surface area contributed by atoms with Crippen molar-refractivity contribution in [3.8, 4) is 0 Å². The molecule has 1 aromatic heterocycles. The summed E-state index contributed by atoms with van der Waals surface area (Å²) in [5.74, 6) is 0. The van der Waals surface area contributed by atoms with Crippen LogP contribution < -0.4 is 0 Å². The monoisotopic (exact) mass is 177 g/mol. The van der Waals surface area contributed by atoms with E-state index in [-0.39, 0.29) is 0 Å². The lowest BCUT2D eigenvalue weighted by Gasteiger charge is -2.09. The van der Waals surface area contributed by atoms with E-state index < -0.39 is 0 Å². The zero-order chi connectivity index (χ0) is 8.67. The van der Waals surface area contributed by atoms with Gasteiger partial charge in [-0.3, -0.25) is 0 Å². The maximum Gasteiger partial charge on any atom is 0.0864 e. The Labute approximate surface area is 78.3 Å². The number of aryl methyl sites for hydroxylation is 2. The maximum atomic E-state index is 5.22. The number of ether oxygens (including phenoxy) is 1. The van der Waals surface area contributed by atoms with Gasteiger partial charge in [0, 0.05) is 17.8 Å². The van der Waals surface area contributed by atoms with Crippen LogP contribution in [0.1, 0.15) is 29.8 Å². The van der Waals surface area contributed by atoms with E-state index in [0.717, 1.165) is 13.0 Å². The van der Waals surface area contributed by atoms with Crippen LogP contribution >= 0.6 is 0 Å². The third-order valence-electron chi connectivity index (χ3n) is 3.02. The molecule has 0 amide bonds. The van der Waals surface area contributed by atoms with Gasteiger partial charge in [-0.15, -0.1) is 0 Å². The van der Waals surface area contributed by atoms with Crippen molar-refractivity contribution < 1.29 is 4.74 Å². The normalized spacial score (nSPS) is 25.7. The molecular weight excluding hydrogens is 162 g/mol. The maximum absolute atomic E-state index is 5.22. The second-order valence-electron chi connectivity index (χ2n) is 4.16. The number of epoxide rings is 1. The van der Waals surface area contributed by atoms with Crippen molar-refractivity contribution in [2.75, 3.05) is 6.61 Å². The molecule has 2 heterocycles. The summed E-state index contributed by atoms with van der Waals surface area (Å²) in [6.45, 7) is 0.962. The Kier molecular flexibility index (Phi) is 1.69. The fourth-order valence-corrected chi connectivity index (χ4v) is 2.21. The average molecular weight is 177 g/mol. The summed E-state index contributed by atoms with van der Waals surface area (Å²) in [4.78, 5) is 3.52. The van der Waals surface area contributed by atoms with Crippen molar-refractivity contribution in [1.82, 2.24) is 4.98 Å². The highest BCUT2D eigenvalue weighted by Gasteiger charge is 2.24. The van der Waals surface area contributed by atoms with Gasteiger partial charge in [0.25, 0.3) is 0 Å². The molecule has 3 rings (SSSR count). The quantitative estimate of drug-likeness (QED) is 0.686. The van der Waals surface area contributed by atoms with Crippen LogP contribution in [-0.2, 0) is 24.0 Å². The lowest BCUT2D eigenvalue weighted by molar-refractivity contribution is 0.406. The molecule has 1 N–H and O–H groups in total. The Morgan fingerprint density at radius 3 is 3.00 bits per heavy atom. The first-order valence-corrected chi connectivity index (χ1v) is 5.23. The van der Waals surface area contributed by atoms with Crippen LogP contribution in [0.2, 0.25) is 0 Å².